The molecule has 1 unspecified atom stereocenters. The predicted molar refractivity (Wildman–Crippen MR) is 94.6 cm³/mol. The number of hydrogen-bond donors (Lipinski definition) is 2. The highest BCUT2D eigenvalue weighted by Gasteiger charge is 2.24. The molecule has 0 saturated heterocycles. The van der Waals surface area contributed by atoms with Crippen molar-refractivity contribution in [2.75, 3.05) is 11.9 Å². The number of anilines is 1. The van der Waals surface area contributed by atoms with Gasteiger partial charge >= 0.3 is 6.09 Å². The van der Waals surface area contributed by atoms with E-state index in [0.717, 1.165) is 12.8 Å². The minimum Gasteiger partial charge on any atom is -0.483 e. The molecule has 0 aliphatic heterocycles. The van der Waals surface area contributed by atoms with Crippen molar-refractivity contribution in [1.29, 1.82) is 0 Å². The van der Waals surface area contributed by atoms with Gasteiger partial charge in [-0.2, -0.15) is 0 Å². The van der Waals surface area contributed by atoms with Gasteiger partial charge in [-0.25, -0.2) is 9.78 Å². The summed E-state index contributed by atoms with van der Waals surface area (Å²) >= 11 is 1.26. The maximum absolute atomic E-state index is 12.4. The maximum Gasteiger partial charge on any atom is 0.408 e. The van der Waals surface area contributed by atoms with Gasteiger partial charge in [0, 0.05) is 0 Å². The molecule has 0 fully saturated rings. The van der Waals surface area contributed by atoms with Crippen molar-refractivity contribution in [3.8, 4) is 5.06 Å². The molecule has 0 aliphatic rings. The Kier molecular flexibility index (Phi) is 7.97. The summed E-state index contributed by atoms with van der Waals surface area (Å²) in [6, 6.07) is -0.672. The van der Waals surface area contributed by atoms with Crippen LogP contribution in [0.25, 0.3) is 0 Å². The number of aromatic nitrogens is 1. The van der Waals surface area contributed by atoms with Crippen LogP contribution in [0, 0.1) is 0 Å². The van der Waals surface area contributed by atoms with Crippen molar-refractivity contribution in [2.24, 2.45) is 0 Å². The summed E-state index contributed by atoms with van der Waals surface area (Å²) in [5.41, 5.74) is -0.613. The maximum atomic E-state index is 12.4. The fraction of sp³-hybridized carbons (Fsp3) is 0.688. The standard InChI is InChI=1S/C16H27N3O4S/c1-6-8-11(18-15(21)23-16(3,4)5)13(20)19-14-17-10-12(24-14)22-9-7-2/h10-11H,6-9H2,1-5H3,(H,18,21)(H,17,19,20). The van der Waals surface area contributed by atoms with Crippen molar-refractivity contribution < 1.29 is 19.1 Å². The molecule has 0 spiro atoms. The number of alkyl carbamates (subject to hydrolysis) is 1. The third-order valence-corrected chi connectivity index (χ3v) is 3.57. The van der Waals surface area contributed by atoms with Gasteiger partial charge in [0.2, 0.25) is 5.91 Å². The van der Waals surface area contributed by atoms with E-state index in [-0.39, 0.29) is 5.91 Å². The number of nitrogens with one attached hydrogen (secondary N) is 2. The minimum atomic E-state index is -0.672. The Morgan fingerprint density at radius 1 is 1.29 bits per heavy atom. The quantitative estimate of drug-likeness (QED) is 0.742. The Bertz CT molecular complexity index is 540. The first kappa shape index (κ1) is 20.2. The fourth-order valence-electron chi connectivity index (χ4n) is 1.79. The second kappa shape index (κ2) is 9.46. The van der Waals surface area contributed by atoms with Crippen molar-refractivity contribution >= 4 is 28.5 Å². The lowest BCUT2D eigenvalue weighted by Gasteiger charge is -2.22. The van der Waals surface area contributed by atoms with Crippen molar-refractivity contribution in [2.45, 2.75) is 65.5 Å². The first-order valence-electron chi connectivity index (χ1n) is 8.14. The van der Waals surface area contributed by atoms with Crippen LogP contribution in [0.2, 0.25) is 0 Å². The number of carbonyl (C=O) groups excluding carboxylic acids is 2. The fourth-order valence-corrected chi connectivity index (χ4v) is 2.48. The summed E-state index contributed by atoms with van der Waals surface area (Å²) < 4.78 is 10.7. The molecule has 2 N–H and O–H groups in total. The zero-order valence-electron chi connectivity index (χ0n) is 15.0. The molecule has 0 saturated carbocycles. The number of carbonyl (C=O) groups is 2. The lowest BCUT2D eigenvalue weighted by atomic mass is 10.1. The van der Waals surface area contributed by atoms with Gasteiger partial charge in [-0.1, -0.05) is 31.6 Å². The first-order valence-corrected chi connectivity index (χ1v) is 8.95. The van der Waals surface area contributed by atoms with E-state index in [9.17, 15) is 9.59 Å². The molecule has 2 amide bonds. The monoisotopic (exact) mass is 357 g/mol. The van der Waals surface area contributed by atoms with Crippen molar-refractivity contribution in [1.82, 2.24) is 10.3 Å². The molecule has 8 heteroatoms. The molecular weight excluding hydrogens is 330 g/mol. The lowest BCUT2D eigenvalue weighted by molar-refractivity contribution is -0.118. The molecular formula is C16H27N3O4S. The second-order valence-electron chi connectivity index (χ2n) is 6.31. The third kappa shape index (κ3) is 7.63. The predicted octanol–water partition coefficient (Wildman–Crippen LogP) is 3.56. The van der Waals surface area contributed by atoms with Crippen LogP contribution in [0.15, 0.2) is 6.20 Å². The highest BCUT2D eigenvalue weighted by molar-refractivity contribution is 7.17. The summed E-state index contributed by atoms with van der Waals surface area (Å²) in [6.45, 7) is 9.88. The molecule has 0 aromatic carbocycles. The van der Waals surface area contributed by atoms with Gasteiger partial charge in [0.15, 0.2) is 10.2 Å². The Hall–Kier alpha value is -1.83. The first-order chi connectivity index (χ1) is 11.2. The average molecular weight is 357 g/mol. The number of rotatable bonds is 8. The summed E-state index contributed by atoms with van der Waals surface area (Å²) in [6.07, 6.45) is 3.12. The molecule has 7 nitrogen and oxygen atoms in total. The molecule has 136 valence electrons. The number of hydrogen-bond acceptors (Lipinski definition) is 6. The zero-order valence-corrected chi connectivity index (χ0v) is 15.8. The SMILES string of the molecule is CCCOc1cnc(NC(=O)C(CCC)NC(=O)OC(C)(C)C)s1. The van der Waals surface area contributed by atoms with Gasteiger partial charge in [0.05, 0.1) is 12.8 Å². The minimum absolute atomic E-state index is 0.320. The van der Waals surface area contributed by atoms with Crippen LogP contribution in [-0.4, -0.2) is 35.2 Å². The summed E-state index contributed by atoms with van der Waals surface area (Å²) in [5, 5.41) is 6.41. The largest absolute Gasteiger partial charge is 0.483 e. The molecule has 1 aromatic heterocycles. The van der Waals surface area contributed by atoms with Gasteiger partial charge in [-0.05, 0) is 33.6 Å². The number of amides is 2. The number of nitrogens with zero attached hydrogens (tertiary/aromatic N) is 1. The highest BCUT2D eigenvalue weighted by atomic mass is 32.1. The summed E-state index contributed by atoms with van der Waals surface area (Å²) in [5.74, 6) is -0.320. The molecule has 1 aromatic rings. The van der Waals surface area contributed by atoms with Crippen LogP contribution in [0.4, 0.5) is 9.93 Å². The average Bonchev–Trinajstić information content (AvgIpc) is 2.90. The van der Waals surface area contributed by atoms with Gasteiger partial charge in [-0.15, -0.1) is 0 Å². The normalized spacial score (nSPS) is 12.4. The van der Waals surface area contributed by atoms with Gasteiger partial charge in [0.1, 0.15) is 11.6 Å². The van der Waals surface area contributed by atoms with Crippen molar-refractivity contribution in [3.05, 3.63) is 6.20 Å². The number of thiazole rings is 1. The van der Waals surface area contributed by atoms with Crippen LogP contribution in [0.5, 0.6) is 5.06 Å². The van der Waals surface area contributed by atoms with E-state index in [1.54, 1.807) is 27.0 Å². The number of ether oxygens (including phenoxy) is 2. The van der Waals surface area contributed by atoms with Gasteiger partial charge in [-0.3, -0.25) is 4.79 Å². The van der Waals surface area contributed by atoms with Crippen LogP contribution in [0.3, 0.4) is 0 Å². The van der Waals surface area contributed by atoms with Crippen LogP contribution in [-0.2, 0) is 9.53 Å². The van der Waals surface area contributed by atoms with E-state index < -0.39 is 17.7 Å². The second-order valence-corrected chi connectivity index (χ2v) is 7.30. The van der Waals surface area contributed by atoms with Gasteiger partial charge < -0.3 is 20.1 Å². The smallest absolute Gasteiger partial charge is 0.408 e. The third-order valence-electron chi connectivity index (χ3n) is 2.75. The summed E-state index contributed by atoms with van der Waals surface area (Å²) in [4.78, 5) is 28.4. The highest BCUT2D eigenvalue weighted by Crippen LogP contribution is 2.25. The Balaban J connectivity index is 2.62. The van der Waals surface area contributed by atoms with E-state index >= 15 is 0 Å². The van der Waals surface area contributed by atoms with Crippen LogP contribution in [0.1, 0.15) is 53.9 Å². The van der Waals surface area contributed by atoms with E-state index in [0.29, 0.717) is 23.2 Å². The molecule has 24 heavy (non-hydrogen) atoms. The van der Waals surface area contributed by atoms with E-state index in [1.165, 1.54) is 11.3 Å². The van der Waals surface area contributed by atoms with E-state index in [2.05, 4.69) is 15.6 Å². The Morgan fingerprint density at radius 3 is 2.58 bits per heavy atom. The summed E-state index contributed by atoms with van der Waals surface area (Å²) in [7, 11) is 0. The van der Waals surface area contributed by atoms with E-state index in [4.69, 9.17) is 9.47 Å². The van der Waals surface area contributed by atoms with Gasteiger partial charge in [0.25, 0.3) is 0 Å². The Labute approximate surface area is 147 Å². The van der Waals surface area contributed by atoms with E-state index in [1.807, 2.05) is 13.8 Å². The zero-order chi connectivity index (χ0) is 18.2. The molecule has 0 radical (unpaired) electrons. The molecule has 1 heterocycles. The Morgan fingerprint density at radius 2 is 2.00 bits per heavy atom. The van der Waals surface area contributed by atoms with Crippen LogP contribution >= 0.6 is 11.3 Å². The topological polar surface area (TPSA) is 89.5 Å². The molecule has 0 bridgehead atoms. The van der Waals surface area contributed by atoms with Crippen molar-refractivity contribution in [3.63, 3.8) is 0 Å². The molecule has 1 rings (SSSR count). The molecule has 1 atom stereocenters. The molecule has 0 aliphatic carbocycles. The lowest BCUT2D eigenvalue weighted by Crippen LogP contribution is -2.45. The van der Waals surface area contributed by atoms with Crippen LogP contribution < -0.4 is 15.4 Å².